The van der Waals surface area contributed by atoms with Gasteiger partial charge in [-0.3, -0.25) is 14.5 Å². The van der Waals surface area contributed by atoms with Crippen molar-refractivity contribution in [3.05, 3.63) is 11.3 Å². The molecule has 2 aliphatic rings. The molecule has 0 aromatic carbocycles. The van der Waals surface area contributed by atoms with Gasteiger partial charge in [-0.15, -0.1) is 0 Å². The van der Waals surface area contributed by atoms with Crippen molar-refractivity contribution in [1.29, 1.82) is 0 Å². The van der Waals surface area contributed by atoms with Gasteiger partial charge in [0.15, 0.2) is 0 Å². The molecule has 5 N–H and O–H groups in total. The highest BCUT2D eigenvalue weighted by Gasteiger charge is 2.44. The molecule has 2 aliphatic heterocycles. The summed E-state index contributed by atoms with van der Waals surface area (Å²) in [4.78, 5) is 38.2. The van der Waals surface area contributed by atoms with Crippen LogP contribution in [0.1, 0.15) is 26.7 Å². The standard InChI is InChI=1S/C17H28N4O5/c1-3-11(7-20-5-4-12(8-20)19-6-14(18)23)15(17(25)26)21-9-13(10(2)22)16(21)24/h10,12-13,19,22H,3-9H2,1-2H3,(H2,18,23)(H,25,26)/b15-11+/t10-,12+,13?/m1/s1. The fraction of sp³-hybridized carbons (Fsp3) is 0.706. The number of aliphatic hydroxyl groups is 1. The van der Waals surface area contributed by atoms with Crippen molar-refractivity contribution in [3.63, 3.8) is 0 Å². The maximum Gasteiger partial charge on any atom is 0.352 e. The second-order valence-electron chi connectivity index (χ2n) is 6.97. The molecule has 9 nitrogen and oxygen atoms in total. The van der Waals surface area contributed by atoms with Gasteiger partial charge < -0.3 is 26.2 Å². The van der Waals surface area contributed by atoms with Gasteiger partial charge in [0.1, 0.15) is 5.70 Å². The molecule has 0 bridgehead atoms. The summed E-state index contributed by atoms with van der Waals surface area (Å²) in [7, 11) is 0. The minimum Gasteiger partial charge on any atom is -0.477 e. The molecule has 1 unspecified atom stereocenters. The zero-order valence-corrected chi connectivity index (χ0v) is 15.3. The zero-order valence-electron chi connectivity index (χ0n) is 15.3. The smallest absolute Gasteiger partial charge is 0.352 e. The molecule has 2 rings (SSSR count). The maximum atomic E-state index is 12.2. The first-order valence-electron chi connectivity index (χ1n) is 8.93. The Morgan fingerprint density at radius 3 is 2.58 bits per heavy atom. The molecular weight excluding hydrogens is 340 g/mol. The first kappa shape index (κ1) is 20.3. The van der Waals surface area contributed by atoms with E-state index in [0.717, 1.165) is 13.0 Å². The van der Waals surface area contributed by atoms with Gasteiger partial charge in [-0.2, -0.15) is 0 Å². The number of nitrogens with two attached hydrogens (primary N) is 1. The summed E-state index contributed by atoms with van der Waals surface area (Å²) in [6.07, 6.45) is 0.578. The number of carboxylic acids is 1. The quantitative estimate of drug-likeness (QED) is 0.294. The summed E-state index contributed by atoms with van der Waals surface area (Å²) >= 11 is 0. The van der Waals surface area contributed by atoms with E-state index in [2.05, 4.69) is 10.2 Å². The van der Waals surface area contributed by atoms with Crippen LogP contribution in [-0.4, -0.2) is 82.7 Å². The van der Waals surface area contributed by atoms with Crippen molar-refractivity contribution in [2.75, 3.05) is 32.7 Å². The van der Waals surface area contributed by atoms with E-state index in [1.54, 1.807) is 0 Å². The molecule has 146 valence electrons. The molecule has 0 spiro atoms. The molecular formula is C17H28N4O5. The van der Waals surface area contributed by atoms with Crippen LogP contribution >= 0.6 is 0 Å². The number of rotatable bonds is 9. The van der Waals surface area contributed by atoms with Crippen molar-refractivity contribution in [2.45, 2.75) is 38.8 Å². The van der Waals surface area contributed by atoms with E-state index in [1.165, 1.54) is 11.8 Å². The van der Waals surface area contributed by atoms with E-state index >= 15 is 0 Å². The summed E-state index contributed by atoms with van der Waals surface area (Å²) in [6, 6.07) is 0.138. The van der Waals surface area contributed by atoms with E-state index < -0.39 is 23.9 Å². The first-order chi connectivity index (χ1) is 12.2. The molecule has 2 fully saturated rings. The molecule has 0 aromatic heterocycles. The number of hydrogen-bond acceptors (Lipinski definition) is 6. The van der Waals surface area contributed by atoms with E-state index in [9.17, 15) is 24.6 Å². The van der Waals surface area contributed by atoms with Gasteiger partial charge >= 0.3 is 5.97 Å². The first-order valence-corrected chi connectivity index (χ1v) is 8.93. The Bertz CT molecular complexity index is 604. The number of carbonyl (C=O) groups is 3. The lowest BCUT2D eigenvalue weighted by molar-refractivity contribution is -0.155. The fourth-order valence-corrected chi connectivity index (χ4v) is 3.48. The molecule has 2 amide bonds. The lowest BCUT2D eigenvalue weighted by Crippen LogP contribution is -2.57. The number of carbonyl (C=O) groups excluding carboxylic acids is 2. The van der Waals surface area contributed by atoms with Crippen molar-refractivity contribution in [2.24, 2.45) is 11.7 Å². The number of aliphatic hydroxyl groups excluding tert-OH is 1. The van der Waals surface area contributed by atoms with Gasteiger partial charge in [-0.05, 0) is 25.3 Å². The lowest BCUT2D eigenvalue weighted by Gasteiger charge is -2.41. The number of β-lactam (4-membered cyclic amide) rings is 1. The van der Waals surface area contributed by atoms with Gasteiger partial charge in [0.25, 0.3) is 0 Å². The molecule has 3 atom stereocenters. The molecule has 9 heteroatoms. The topological polar surface area (TPSA) is 136 Å². The third-order valence-corrected chi connectivity index (χ3v) is 5.03. The van der Waals surface area contributed by atoms with Crippen LogP contribution in [0.5, 0.6) is 0 Å². The Morgan fingerprint density at radius 1 is 1.38 bits per heavy atom. The zero-order chi connectivity index (χ0) is 19.4. The van der Waals surface area contributed by atoms with Gasteiger partial charge in [0.2, 0.25) is 11.8 Å². The number of likely N-dealkylation sites (tertiary alicyclic amines) is 2. The lowest BCUT2D eigenvalue weighted by atomic mass is 9.91. The average molecular weight is 368 g/mol. The number of hydrogen-bond donors (Lipinski definition) is 4. The summed E-state index contributed by atoms with van der Waals surface area (Å²) in [5.74, 6) is -2.40. The maximum absolute atomic E-state index is 12.2. The third kappa shape index (κ3) is 4.60. The van der Waals surface area contributed by atoms with Crippen LogP contribution in [0.4, 0.5) is 0 Å². The SMILES string of the molecule is CC/C(CN1CC[C@H](NCC(N)=O)C1)=C(/C(=O)O)N1CC([C@@H](C)O)C1=O. The third-order valence-electron chi connectivity index (χ3n) is 5.03. The number of aliphatic carboxylic acids is 1. The van der Waals surface area contributed by atoms with Crippen LogP contribution in [0.3, 0.4) is 0 Å². The largest absolute Gasteiger partial charge is 0.477 e. The second kappa shape index (κ2) is 8.61. The predicted octanol–water partition coefficient (Wildman–Crippen LogP) is -1.28. The molecule has 0 radical (unpaired) electrons. The van der Waals surface area contributed by atoms with Gasteiger partial charge in [0, 0.05) is 32.2 Å². The minimum atomic E-state index is -1.12. The predicted molar refractivity (Wildman–Crippen MR) is 93.9 cm³/mol. The Morgan fingerprint density at radius 2 is 2.08 bits per heavy atom. The Hall–Kier alpha value is -1.97. The van der Waals surface area contributed by atoms with Crippen LogP contribution in [0, 0.1) is 5.92 Å². The molecule has 0 aromatic rings. The summed E-state index contributed by atoms with van der Waals surface area (Å²) in [6.45, 7) is 5.67. The number of nitrogens with zero attached hydrogens (tertiary/aromatic N) is 2. The van der Waals surface area contributed by atoms with Crippen molar-refractivity contribution in [3.8, 4) is 0 Å². The number of primary amides is 1. The van der Waals surface area contributed by atoms with Gasteiger partial charge in [0.05, 0.1) is 18.6 Å². The summed E-state index contributed by atoms with van der Waals surface area (Å²) in [5, 5.41) is 22.3. The van der Waals surface area contributed by atoms with Gasteiger partial charge in [-0.1, -0.05) is 6.92 Å². The van der Waals surface area contributed by atoms with Crippen LogP contribution in [0.2, 0.25) is 0 Å². The Kier molecular flexibility index (Phi) is 6.74. The van der Waals surface area contributed by atoms with Crippen molar-refractivity contribution >= 4 is 17.8 Å². The van der Waals surface area contributed by atoms with Crippen molar-refractivity contribution < 1.29 is 24.6 Å². The number of carboxylic acid groups (broad SMARTS) is 1. The summed E-state index contributed by atoms with van der Waals surface area (Å²) in [5.41, 5.74) is 5.85. The van der Waals surface area contributed by atoms with E-state index in [1.807, 2.05) is 6.92 Å². The van der Waals surface area contributed by atoms with E-state index in [-0.39, 0.29) is 30.7 Å². The van der Waals surface area contributed by atoms with E-state index in [0.29, 0.717) is 25.1 Å². The molecule has 2 heterocycles. The second-order valence-corrected chi connectivity index (χ2v) is 6.97. The molecule has 0 saturated carbocycles. The van der Waals surface area contributed by atoms with Crippen LogP contribution in [0.25, 0.3) is 0 Å². The minimum absolute atomic E-state index is 0.0305. The highest BCUT2D eigenvalue weighted by atomic mass is 16.4. The van der Waals surface area contributed by atoms with Crippen LogP contribution in [-0.2, 0) is 14.4 Å². The fourth-order valence-electron chi connectivity index (χ4n) is 3.48. The molecule has 2 saturated heterocycles. The number of nitrogens with one attached hydrogen (secondary N) is 1. The Balaban J connectivity index is 2.05. The Labute approximate surface area is 152 Å². The normalized spacial score (nSPS) is 25.7. The van der Waals surface area contributed by atoms with Crippen LogP contribution in [0.15, 0.2) is 11.3 Å². The average Bonchev–Trinajstić information content (AvgIpc) is 3.01. The van der Waals surface area contributed by atoms with Crippen molar-refractivity contribution in [1.82, 2.24) is 15.1 Å². The van der Waals surface area contributed by atoms with Crippen LogP contribution < -0.4 is 11.1 Å². The highest BCUT2D eigenvalue weighted by molar-refractivity contribution is 5.97. The number of amides is 2. The molecule has 26 heavy (non-hydrogen) atoms. The van der Waals surface area contributed by atoms with E-state index in [4.69, 9.17) is 5.73 Å². The highest BCUT2D eigenvalue weighted by Crippen LogP contribution is 2.29. The monoisotopic (exact) mass is 368 g/mol. The summed E-state index contributed by atoms with van der Waals surface area (Å²) < 4.78 is 0. The molecule has 0 aliphatic carbocycles. The van der Waals surface area contributed by atoms with Gasteiger partial charge in [-0.25, -0.2) is 4.79 Å².